The Balaban J connectivity index is 0.000000671. The first-order valence-corrected chi connectivity index (χ1v) is 4.54. The summed E-state index contributed by atoms with van der Waals surface area (Å²) in [6, 6.07) is 8.51. The first kappa shape index (κ1) is 11.9. The maximum Gasteiger partial charge on any atom is -0.0195 e. The molecule has 0 aromatic heterocycles. The van der Waals surface area contributed by atoms with E-state index in [-0.39, 0.29) is 0 Å². The Hall–Kier alpha value is -1.08. The van der Waals surface area contributed by atoms with Gasteiger partial charge in [-0.3, -0.25) is 0 Å². The maximum atomic E-state index is 4.50. The maximum absolute atomic E-state index is 4.50. The fourth-order valence-electron chi connectivity index (χ4n) is 1.02. The van der Waals surface area contributed by atoms with Gasteiger partial charge in [0.15, 0.2) is 0 Å². The van der Waals surface area contributed by atoms with E-state index in [2.05, 4.69) is 50.4 Å². The van der Waals surface area contributed by atoms with E-state index in [0.717, 1.165) is 0 Å². The predicted molar refractivity (Wildman–Crippen MR) is 60.7 cm³/mol. The minimum atomic E-state index is 0.619. The van der Waals surface area contributed by atoms with Gasteiger partial charge in [-0.05, 0) is 24.1 Å². The van der Waals surface area contributed by atoms with Gasteiger partial charge in [-0.2, -0.15) is 0 Å². The van der Waals surface area contributed by atoms with E-state index >= 15 is 0 Å². The molecule has 0 aliphatic rings. The van der Waals surface area contributed by atoms with Gasteiger partial charge < -0.3 is 5.73 Å². The molecule has 0 unspecified atom stereocenters. The van der Waals surface area contributed by atoms with Gasteiger partial charge in [0, 0.05) is 0 Å². The average molecular weight is 177 g/mol. The molecule has 0 amide bonds. The van der Waals surface area contributed by atoms with E-state index in [4.69, 9.17) is 0 Å². The van der Waals surface area contributed by atoms with Crippen LogP contribution < -0.4 is 5.73 Å². The van der Waals surface area contributed by atoms with Gasteiger partial charge in [0.1, 0.15) is 0 Å². The normalized spacial score (nSPS) is 9.00. The summed E-state index contributed by atoms with van der Waals surface area (Å²) in [5.74, 6) is 0.619. The number of nitrogens with two attached hydrogens (primary N) is 1. The van der Waals surface area contributed by atoms with Crippen LogP contribution in [0.5, 0.6) is 0 Å². The SMILES string of the molecule is C=Cc1ccc(C(C)C)cc1.CN. The molecule has 0 fully saturated rings. The van der Waals surface area contributed by atoms with Crippen molar-refractivity contribution in [1.29, 1.82) is 0 Å². The van der Waals surface area contributed by atoms with Crippen LogP contribution in [0, 0.1) is 0 Å². The van der Waals surface area contributed by atoms with E-state index in [0.29, 0.717) is 5.92 Å². The summed E-state index contributed by atoms with van der Waals surface area (Å²) in [5.41, 5.74) is 7.07. The summed E-state index contributed by atoms with van der Waals surface area (Å²) in [5, 5.41) is 0. The highest BCUT2D eigenvalue weighted by atomic mass is 14.4. The van der Waals surface area contributed by atoms with Gasteiger partial charge in [-0.25, -0.2) is 0 Å². The lowest BCUT2D eigenvalue weighted by Crippen LogP contribution is -1.85. The quantitative estimate of drug-likeness (QED) is 0.738. The number of hydrogen-bond donors (Lipinski definition) is 1. The molecule has 1 aromatic carbocycles. The van der Waals surface area contributed by atoms with Crippen LogP contribution in [0.15, 0.2) is 30.8 Å². The summed E-state index contributed by atoms with van der Waals surface area (Å²) in [6.45, 7) is 8.10. The van der Waals surface area contributed by atoms with Gasteiger partial charge in [-0.15, -0.1) is 0 Å². The molecule has 0 aliphatic carbocycles. The Kier molecular flexibility index (Phi) is 5.90. The summed E-state index contributed by atoms with van der Waals surface area (Å²) in [4.78, 5) is 0. The Bertz CT molecular complexity index is 234. The fourth-order valence-corrected chi connectivity index (χ4v) is 1.02. The summed E-state index contributed by atoms with van der Waals surface area (Å²) in [6.07, 6.45) is 1.87. The zero-order valence-electron chi connectivity index (χ0n) is 8.75. The number of hydrogen-bond acceptors (Lipinski definition) is 1. The standard InChI is InChI=1S/C11H14.CH5N/c1-4-10-5-7-11(8-6-10)9(2)3;1-2/h4-9H,1H2,2-3H3;2H2,1H3. The second-order valence-electron chi connectivity index (χ2n) is 3.03. The first-order valence-electron chi connectivity index (χ1n) is 4.54. The molecule has 0 aliphatic heterocycles. The van der Waals surface area contributed by atoms with Gasteiger partial charge in [-0.1, -0.05) is 50.8 Å². The molecule has 1 aromatic rings. The lowest BCUT2D eigenvalue weighted by Gasteiger charge is -2.04. The number of benzene rings is 1. The van der Waals surface area contributed by atoms with Crippen molar-refractivity contribution in [3.05, 3.63) is 42.0 Å². The van der Waals surface area contributed by atoms with Crippen molar-refractivity contribution in [2.75, 3.05) is 7.05 Å². The summed E-state index contributed by atoms with van der Waals surface area (Å²) >= 11 is 0. The highest BCUT2D eigenvalue weighted by Crippen LogP contribution is 2.14. The Morgan fingerprint density at radius 3 is 1.92 bits per heavy atom. The highest BCUT2D eigenvalue weighted by Gasteiger charge is 1.95. The lowest BCUT2D eigenvalue weighted by atomic mass is 10.0. The molecule has 13 heavy (non-hydrogen) atoms. The van der Waals surface area contributed by atoms with Crippen LogP contribution in [0.3, 0.4) is 0 Å². The molecule has 0 heterocycles. The van der Waals surface area contributed by atoms with Crippen molar-refractivity contribution in [3.63, 3.8) is 0 Å². The molecule has 1 rings (SSSR count). The van der Waals surface area contributed by atoms with Crippen LogP contribution >= 0.6 is 0 Å². The minimum absolute atomic E-state index is 0.619. The minimum Gasteiger partial charge on any atom is -0.333 e. The van der Waals surface area contributed by atoms with Crippen LogP contribution in [0.25, 0.3) is 6.08 Å². The first-order chi connectivity index (χ1) is 6.24. The number of rotatable bonds is 2. The van der Waals surface area contributed by atoms with E-state index in [1.165, 1.54) is 18.2 Å². The Morgan fingerprint density at radius 2 is 1.62 bits per heavy atom. The topological polar surface area (TPSA) is 26.0 Å². The molecule has 1 nitrogen and oxygen atoms in total. The van der Waals surface area contributed by atoms with E-state index in [1.807, 2.05) is 6.08 Å². The second kappa shape index (κ2) is 6.44. The molecule has 1 heteroatoms. The van der Waals surface area contributed by atoms with Crippen molar-refractivity contribution >= 4 is 6.08 Å². The molecule has 0 saturated carbocycles. The van der Waals surface area contributed by atoms with Crippen molar-refractivity contribution in [1.82, 2.24) is 0 Å². The third-order valence-electron chi connectivity index (χ3n) is 1.84. The van der Waals surface area contributed by atoms with Crippen LogP contribution in [-0.2, 0) is 0 Å². The molecular weight excluding hydrogens is 158 g/mol. The molecule has 0 saturated heterocycles. The van der Waals surface area contributed by atoms with Crippen LogP contribution in [0.2, 0.25) is 0 Å². The lowest BCUT2D eigenvalue weighted by molar-refractivity contribution is 0.866. The van der Waals surface area contributed by atoms with Gasteiger partial charge >= 0.3 is 0 Å². The van der Waals surface area contributed by atoms with E-state index in [9.17, 15) is 0 Å². The van der Waals surface area contributed by atoms with E-state index in [1.54, 1.807) is 0 Å². The molecule has 0 radical (unpaired) electrons. The smallest absolute Gasteiger partial charge is 0.0195 e. The molecule has 0 bridgehead atoms. The molecular formula is C12H19N. The Morgan fingerprint density at radius 1 is 1.15 bits per heavy atom. The predicted octanol–water partition coefficient (Wildman–Crippen LogP) is 3.03. The van der Waals surface area contributed by atoms with Crippen molar-refractivity contribution in [2.24, 2.45) is 5.73 Å². The summed E-state index contributed by atoms with van der Waals surface area (Å²) < 4.78 is 0. The molecule has 2 N–H and O–H groups in total. The van der Waals surface area contributed by atoms with E-state index < -0.39 is 0 Å². The average Bonchev–Trinajstić information content (AvgIpc) is 2.21. The fraction of sp³-hybridized carbons (Fsp3) is 0.333. The molecule has 0 spiro atoms. The van der Waals surface area contributed by atoms with Gasteiger partial charge in [0.05, 0.1) is 0 Å². The van der Waals surface area contributed by atoms with Crippen molar-refractivity contribution < 1.29 is 0 Å². The monoisotopic (exact) mass is 177 g/mol. The van der Waals surface area contributed by atoms with Crippen molar-refractivity contribution in [3.8, 4) is 0 Å². The van der Waals surface area contributed by atoms with Gasteiger partial charge in [0.2, 0.25) is 0 Å². The van der Waals surface area contributed by atoms with Crippen LogP contribution in [0.1, 0.15) is 30.9 Å². The highest BCUT2D eigenvalue weighted by molar-refractivity contribution is 5.47. The third kappa shape index (κ3) is 3.90. The zero-order valence-corrected chi connectivity index (χ0v) is 8.75. The van der Waals surface area contributed by atoms with Crippen molar-refractivity contribution in [2.45, 2.75) is 19.8 Å². The zero-order chi connectivity index (χ0) is 10.3. The Labute approximate surface area is 81.3 Å². The third-order valence-corrected chi connectivity index (χ3v) is 1.84. The van der Waals surface area contributed by atoms with Crippen LogP contribution in [0.4, 0.5) is 0 Å². The second-order valence-corrected chi connectivity index (χ2v) is 3.03. The largest absolute Gasteiger partial charge is 0.333 e. The summed E-state index contributed by atoms with van der Waals surface area (Å²) in [7, 11) is 1.50. The molecule has 72 valence electrons. The van der Waals surface area contributed by atoms with Crippen LogP contribution in [-0.4, -0.2) is 7.05 Å². The van der Waals surface area contributed by atoms with Gasteiger partial charge in [0.25, 0.3) is 0 Å². The molecule has 0 atom stereocenters.